The number of aryl methyl sites for hydroxylation is 1. The van der Waals surface area contributed by atoms with Crippen molar-refractivity contribution in [2.75, 3.05) is 7.05 Å². The molecular weight excluding hydrogens is 381 g/mol. The van der Waals surface area contributed by atoms with Gasteiger partial charge in [0.05, 0.1) is 6.54 Å². The van der Waals surface area contributed by atoms with Gasteiger partial charge in [0.2, 0.25) is 0 Å². The number of benzene rings is 1. The van der Waals surface area contributed by atoms with E-state index in [0.717, 1.165) is 19.0 Å². The van der Waals surface area contributed by atoms with E-state index < -0.39 is 0 Å². The fourth-order valence-electron chi connectivity index (χ4n) is 1.70. The predicted octanol–water partition coefficient (Wildman–Crippen LogP) is 3.54. The van der Waals surface area contributed by atoms with E-state index in [0.29, 0.717) is 0 Å². The highest BCUT2D eigenvalue weighted by atomic mass is 127. The maximum Gasteiger partial charge on any atom is 0.191 e. The number of nitrogens with zero attached hydrogens (tertiary/aromatic N) is 1. The van der Waals surface area contributed by atoms with Crippen molar-refractivity contribution >= 4 is 41.3 Å². The highest BCUT2D eigenvalue weighted by molar-refractivity contribution is 14.0. The molecule has 0 spiro atoms. The molecule has 1 heterocycles. The molecule has 0 unspecified atom stereocenters. The lowest BCUT2D eigenvalue weighted by atomic mass is 10.1. The fourth-order valence-corrected chi connectivity index (χ4v) is 2.34. The molecule has 2 aromatic rings. The SMILES string of the molecule is CN=C(NCc1ccc(C)cc1)NCc1cccs1.I. The van der Waals surface area contributed by atoms with E-state index in [2.05, 4.69) is 64.3 Å². The summed E-state index contributed by atoms with van der Waals surface area (Å²) in [6.45, 7) is 3.69. The first-order valence-electron chi connectivity index (χ1n) is 6.30. The van der Waals surface area contributed by atoms with Gasteiger partial charge in [-0.2, -0.15) is 0 Å². The summed E-state index contributed by atoms with van der Waals surface area (Å²) in [4.78, 5) is 5.52. The number of nitrogens with one attached hydrogen (secondary N) is 2. The summed E-state index contributed by atoms with van der Waals surface area (Å²) >= 11 is 1.75. The number of rotatable bonds is 4. The van der Waals surface area contributed by atoms with Crippen molar-refractivity contribution in [1.29, 1.82) is 0 Å². The Balaban J connectivity index is 0.00000200. The molecule has 0 aliphatic rings. The molecule has 0 atom stereocenters. The van der Waals surface area contributed by atoms with Crippen molar-refractivity contribution in [1.82, 2.24) is 10.6 Å². The first kappa shape index (κ1) is 17.0. The number of halogens is 1. The van der Waals surface area contributed by atoms with Crippen molar-refractivity contribution in [3.05, 3.63) is 57.8 Å². The van der Waals surface area contributed by atoms with E-state index in [1.165, 1.54) is 16.0 Å². The lowest BCUT2D eigenvalue weighted by Crippen LogP contribution is -2.36. The Kier molecular flexibility index (Phi) is 7.61. The summed E-state index contributed by atoms with van der Waals surface area (Å²) in [6, 6.07) is 12.7. The van der Waals surface area contributed by atoms with E-state index in [4.69, 9.17) is 0 Å². The summed E-state index contributed by atoms with van der Waals surface area (Å²) in [5, 5.41) is 8.70. The van der Waals surface area contributed by atoms with E-state index in [9.17, 15) is 0 Å². The van der Waals surface area contributed by atoms with Crippen LogP contribution >= 0.6 is 35.3 Å². The molecule has 1 aromatic carbocycles. The standard InChI is InChI=1S/C15H19N3S.HI/c1-12-5-7-13(8-6-12)10-17-15(16-2)18-11-14-4-3-9-19-14;/h3-9H,10-11H2,1-2H3,(H2,16,17,18);1H. The zero-order chi connectivity index (χ0) is 13.5. The zero-order valence-corrected chi connectivity index (χ0v) is 14.9. The topological polar surface area (TPSA) is 36.4 Å². The van der Waals surface area contributed by atoms with Crippen LogP contribution in [-0.4, -0.2) is 13.0 Å². The Morgan fingerprint density at radius 3 is 2.40 bits per heavy atom. The van der Waals surface area contributed by atoms with Gasteiger partial charge >= 0.3 is 0 Å². The lowest BCUT2D eigenvalue weighted by molar-refractivity contribution is 0.815. The predicted molar refractivity (Wildman–Crippen MR) is 98.0 cm³/mol. The van der Waals surface area contributed by atoms with Gasteiger partial charge in [-0.25, -0.2) is 0 Å². The average molecular weight is 401 g/mol. The minimum atomic E-state index is 0. The maximum atomic E-state index is 4.22. The Labute approximate surface area is 141 Å². The van der Waals surface area contributed by atoms with Crippen molar-refractivity contribution in [2.45, 2.75) is 20.0 Å². The lowest BCUT2D eigenvalue weighted by Gasteiger charge is -2.11. The highest BCUT2D eigenvalue weighted by Gasteiger charge is 1.99. The Hall–Kier alpha value is -1.08. The second-order valence-electron chi connectivity index (χ2n) is 4.34. The second-order valence-corrected chi connectivity index (χ2v) is 5.38. The summed E-state index contributed by atoms with van der Waals surface area (Å²) in [5.74, 6) is 0.828. The van der Waals surface area contributed by atoms with Gasteiger partial charge in [-0.3, -0.25) is 4.99 Å². The molecule has 0 amide bonds. The molecule has 2 N–H and O–H groups in total. The van der Waals surface area contributed by atoms with Gasteiger partial charge in [-0.15, -0.1) is 35.3 Å². The van der Waals surface area contributed by atoms with Gasteiger partial charge in [0.25, 0.3) is 0 Å². The second kappa shape index (κ2) is 8.97. The molecule has 1 aromatic heterocycles. The molecule has 0 radical (unpaired) electrons. The van der Waals surface area contributed by atoms with Gasteiger partial charge in [0, 0.05) is 18.5 Å². The van der Waals surface area contributed by atoms with Gasteiger partial charge < -0.3 is 10.6 Å². The van der Waals surface area contributed by atoms with Crippen molar-refractivity contribution in [2.24, 2.45) is 4.99 Å². The number of aliphatic imine (C=N–C) groups is 1. The monoisotopic (exact) mass is 401 g/mol. The van der Waals surface area contributed by atoms with Gasteiger partial charge in [0.15, 0.2) is 5.96 Å². The third-order valence-corrected chi connectivity index (χ3v) is 3.69. The zero-order valence-electron chi connectivity index (χ0n) is 11.7. The number of thiophene rings is 1. The van der Waals surface area contributed by atoms with Gasteiger partial charge in [-0.1, -0.05) is 35.9 Å². The molecule has 5 heteroatoms. The Morgan fingerprint density at radius 2 is 1.80 bits per heavy atom. The molecule has 2 rings (SSSR count). The van der Waals surface area contributed by atoms with Crippen LogP contribution in [0, 0.1) is 6.92 Å². The first-order valence-corrected chi connectivity index (χ1v) is 7.18. The summed E-state index contributed by atoms with van der Waals surface area (Å²) in [7, 11) is 1.79. The summed E-state index contributed by atoms with van der Waals surface area (Å²) in [5.41, 5.74) is 2.54. The van der Waals surface area contributed by atoms with Crippen molar-refractivity contribution < 1.29 is 0 Å². The molecule has 0 saturated carbocycles. The van der Waals surface area contributed by atoms with Crippen LogP contribution in [0.3, 0.4) is 0 Å². The Bertz CT molecular complexity index is 521. The fraction of sp³-hybridized carbons (Fsp3) is 0.267. The highest BCUT2D eigenvalue weighted by Crippen LogP contribution is 2.07. The quantitative estimate of drug-likeness (QED) is 0.467. The molecule has 0 saturated heterocycles. The third kappa shape index (κ3) is 5.50. The van der Waals surface area contributed by atoms with Crippen molar-refractivity contribution in [3.63, 3.8) is 0 Å². The number of hydrogen-bond acceptors (Lipinski definition) is 2. The third-order valence-electron chi connectivity index (χ3n) is 2.81. The molecular formula is C15H20IN3S. The van der Waals surface area contributed by atoms with Crippen LogP contribution in [0.2, 0.25) is 0 Å². The van der Waals surface area contributed by atoms with E-state index in [1.807, 2.05) is 0 Å². The van der Waals surface area contributed by atoms with Crippen LogP contribution < -0.4 is 10.6 Å². The Morgan fingerprint density at radius 1 is 1.10 bits per heavy atom. The summed E-state index contributed by atoms with van der Waals surface area (Å²) in [6.07, 6.45) is 0. The van der Waals surface area contributed by atoms with Crippen LogP contribution in [0.1, 0.15) is 16.0 Å². The van der Waals surface area contributed by atoms with Crippen LogP contribution in [-0.2, 0) is 13.1 Å². The minimum Gasteiger partial charge on any atom is -0.352 e. The van der Waals surface area contributed by atoms with E-state index in [-0.39, 0.29) is 24.0 Å². The van der Waals surface area contributed by atoms with Crippen LogP contribution in [0.25, 0.3) is 0 Å². The minimum absolute atomic E-state index is 0. The smallest absolute Gasteiger partial charge is 0.191 e. The molecule has 3 nitrogen and oxygen atoms in total. The normalized spacial score (nSPS) is 10.8. The van der Waals surface area contributed by atoms with Crippen LogP contribution in [0.4, 0.5) is 0 Å². The number of guanidine groups is 1. The molecule has 108 valence electrons. The molecule has 0 aliphatic heterocycles. The molecule has 0 fully saturated rings. The summed E-state index contributed by atoms with van der Waals surface area (Å²) < 4.78 is 0. The van der Waals surface area contributed by atoms with Crippen LogP contribution in [0.5, 0.6) is 0 Å². The largest absolute Gasteiger partial charge is 0.352 e. The van der Waals surface area contributed by atoms with Crippen molar-refractivity contribution in [3.8, 4) is 0 Å². The number of hydrogen-bond donors (Lipinski definition) is 2. The maximum absolute atomic E-state index is 4.22. The van der Waals surface area contributed by atoms with E-state index in [1.54, 1.807) is 18.4 Å². The average Bonchev–Trinajstić information content (AvgIpc) is 2.94. The first-order chi connectivity index (χ1) is 9.28. The van der Waals surface area contributed by atoms with Gasteiger partial charge in [0.1, 0.15) is 0 Å². The molecule has 0 bridgehead atoms. The van der Waals surface area contributed by atoms with Crippen LogP contribution in [0.15, 0.2) is 46.8 Å². The molecule has 20 heavy (non-hydrogen) atoms. The van der Waals surface area contributed by atoms with E-state index >= 15 is 0 Å². The molecule has 0 aliphatic carbocycles. The van der Waals surface area contributed by atoms with Gasteiger partial charge in [-0.05, 0) is 23.9 Å².